The van der Waals surface area contributed by atoms with E-state index in [4.69, 9.17) is 4.74 Å². The second-order valence-electron chi connectivity index (χ2n) is 5.80. The Balaban J connectivity index is 2.34. The highest BCUT2D eigenvalue weighted by molar-refractivity contribution is 5.35. The number of aryl methyl sites for hydroxylation is 2. The van der Waals surface area contributed by atoms with E-state index in [2.05, 4.69) is 5.32 Å². The highest BCUT2D eigenvalue weighted by Gasteiger charge is 2.21. The molecule has 1 rings (SSSR count). The Hall–Kier alpha value is -1.10. The highest BCUT2D eigenvalue weighted by atomic mass is 16.5. The SMILES string of the molecule is CCC(O)(CC)CNCC(O)COc1cc(C)ccc1C. The molecule has 0 aromatic heterocycles. The molecule has 1 atom stereocenters. The van der Waals surface area contributed by atoms with E-state index in [0.29, 0.717) is 25.9 Å². The molecule has 0 saturated heterocycles. The van der Waals surface area contributed by atoms with Crippen LogP contribution >= 0.6 is 0 Å². The van der Waals surface area contributed by atoms with Crippen molar-refractivity contribution in [3.05, 3.63) is 29.3 Å². The second-order valence-corrected chi connectivity index (χ2v) is 5.80. The topological polar surface area (TPSA) is 61.7 Å². The summed E-state index contributed by atoms with van der Waals surface area (Å²) in [6.45, 7) is 9.07. The zero-order valence-corrected chi connectivity index (χ0v) is 13.6. The van der Waals surface area contributed by atoms with E-state index in [0.717, 1.165) is 16.9 Å². The molecule has 0 amide bonds. The molecule has 0 heterocycles. The van der Waals surface area contributed by atoms with Crippen LogP contribution in [0.5, 0.6) is 5.75 Å². The van der Waals surface area contributed by atoms with Gasteiger partial charge in [0, 0.05) is 13.1 Å². The van der Waals surface area contributed by atoms with Crippen molar-refractivity contribution >= 4 is 0 Å². The van der Waals surface area contributed by atoms with Gasteiger partial charge in [0.1, 0.15) is 18.5 Å². The molecule has 0 aliphatic heterocycles. The fourth-order valence-electron chi connectivity index (χ4n) is 2.08. The fourth-order valence-corrected chi connectivity index (χ4v) is 2.08. The molecular formula is C17H29NO3. The molecule has 1 unspecified atom stereocenters. The fraction of sp³-hybridized carbons (Fsp3) is 0.647. The van der Waals surface area contributed by atoms with Crippen LogP contribution in [0.25, 0.3) is 0 Å². The first kappa shape index (κ1) is 18.0. The van der Waals surface area contributed by atoms with Crippen LogP contribution in [0.1, 0.15) is 37.8 Å². The van der Waals surface area contributed by atoms with Gasteiger partial charge in [-0.25, -0.2) is 0 Å². The standard InChI is InChI=1S/C17H29NO3/c1-5-17(20,6-2)12-18-10-15(19)11-21-16-9-13(3)7-8-14(16)4/h7-9,15,18-20H,5-6,10-12H2,1-4H3. The predicted molar refractivity (Wildman–Crippen MR) is 85.8 cm³/mol. The summed E-state index contributed by atoms with van der Waals surface area (Å²) in [5.41, 5.74) is 1.51. The average molecular weight is 295 g/mol. The molecule has 0 saturated carbocycles. The maximum atomic E-state index is 10.1. The number of aliphatic hydroxyl groups excluding tert-OH is 1. The number of nitrogens with one attached hydrogen (secondary N) is 1. The van der Waals surface area contributed by atoms with Gasteiger partial charge in [0.15, 0.2) is 0 Å². The zero-order valence-electron chi connectivity index (χ0n) is 13.6. The van der Waals surface area contributed by atoms with Gasteiger partial charge in [-0.3, -0.25) is 0 Å². The minimum atomic E-state index is -0.687. The van der Waals surface area contributed by atoms with Crippen molar-refractivity contribution in [2.45, 2.75) is 52.2 Å². The first-order valence-electron chi connectivity index (χ1n) is 7.71. The second kappa shape index (κ2) is 8.37. The van der Waals surface area contributed by atoms with Crippen LogP contribution in [0.4, 0.5) is 0 Å². The molecule has 120 valence electrons. The molecule has 4 nitrogen and oxygen atoms in total. The Bertz CT molecular complexity index is 430. The minimum Gasteiger partial charge on any atom is -0.491 e. The van der Waals surface area contributed by atoms with Crippen molar-refractivity contribution in [3.63, 3.8) is 0 Å². The number of hydrogen-bond donors (Lipinski definition) is 3. The van der Waals surface area contributed by atoms with Crippen LogP contribution < -0.4 is 10.1 Å². The molecule has 4 heteroatoms. The predicted octanol–water partition coefficient (Wildman–Crippen LogP) is 2.18. The van der Waals surface area contributed by atoms with Gasteiger partial charge >= 0.3 is 0 Å². The molecule has 0 bridgehead atoms. The Labute approximate surface area is 128 Å². The molecule has 0 aliphatic rings. The van der Waals surface area contributed by atoms with Gasteiger partial charge in [-0.05, 0) is 43.9 Å². The van der Waals surface area contributed by atoms with Gasteiger partial charge in [0.05, 0.1) is 5.60 Å². The third-order valence-electron chi connectivity index (χ3n) is 3.93. The maximum absolute atomic E-state index is 10.1. The lowest BCUT2D eigenvalue weighted by molar-refractivity contribution is 0.0270. The van der Waals surface area contributed by atoms with Gasteiger partial charge in [-0.15, -0.1) is 0 Å². The van der Waals surface area contributed by atoms with Crippen LogP contribution in [0.15, 0.2) is 18.2 Å². The number of hydrogen-bond acceptors (Lipinski definition) is 4. The largest absolute Gasteiger partial charge is 0.491 e. The average Bonchev–Trinajstić information content (AvgIpc) is 2.48. The first-order chi connectivity index (χ1) is 9.90. The van der Waals surface area contributed by atoms with Crippen LogP contribution in [-0.2, 0) is 0 Å². The van der Waals surface area contributed by atoms with E-state index in [1.54, 1.807) is 0 Å². The molecule has 0 aliphatic carbocycles. The summed E-state index contributed by atoms with van der Waals surface area (Å²) < 4.78 is 5.66. The molecular weight excluding hydrogens is 266 g/mol. The summed E-state index contributed by atoms with van der Waals surface area (Å²) in [5, 5.41) is 23.2. The molecule has 1 aromatic rings. The molecule has 0 radical (unpaired) electrons. The van der Waals surface area contributed by atoms with E-state index in [1.165, 1.54) is 0 Å². The van der Waals surface area contributed by atoms with Crippen molar-refractivity contribution in [1.82, 2.24) is 5.32 Å². The molecule has 21 heavy (non-hydrogen) atoms. The normalized spacial score (nSPS) is 13.2. The Morgan fingerprint density at radius 2 is 1.90 bits per heavy atom. The first-order valence-corrected chi connectivity index (χ1v) is 7.71. The van der Waals surface area contributed by atoms with Crippen molar-refractivity contribution in [2.24, 2.45) is 0 Å². The van der Waals surface area contributed by atoms with E-state index >= 15 is 0 Å². The van der Waals surface area contributed by atoms with E-state index in [1.807, 2.05) is 45.9 Å². The van der Waals surface area contributed by atoms with Crippen molar-refractivity contribution in [3.8, 4) is 5.75 Å². The van der Waals surface area contributed by atoms with Crippen molar-refractivity contribution < 1.29 is 14.9 Å². The Morgan fingerprint density at radius 1 is 1.24 bits per heavy atom. The summed E-state index contributed by atoms with van der Waals surface area (Å²) in [5.74, 6) is 0.813. The smallest absolute Gasteiger partial charge is 0.122 e. The summed E-state index contributed by atoms with van der Waals surface area (Å²) >= 11 is 0. The van der Waals surface area contributed by atoms with Gasteiger partial charge in [0.25, 0.3) is 0 Å². The van der Waals surface area contributed by atoms with Crippen LogP contribution in [0.3, 0.4) is 0 Å². The summed E-state index contributed by atoms with van der Waals surface area (Å²) in [4.78, 5) is 0. The monoisotopic (exact) mass is 295 g/mol. The summed E-state index contributed by atoms with van der Waals surface area (Å²) in [7, 11) is 0. The molecule has 3 N–H and O–H groups in total. The highest BCUT2D eigenvalue weighted by Crippen LogP contribution is 2.19. The number of ether oxygens (including phenoxy) is 1. The number of aliphatic hydroxyl groups is 2. The third-order valence-corrected chi connectivity index (χ3v) is 3.93. The van der Waals surface area contributed by atoms with Gasteiger partial charge in [0.2, 0.25) is 0 Å². The van der Waals surface area contributed by atoms with Crippen LogP contribution in [0.2, 0.25) is 0 Å². The lowest BCUT2D eigenvalue weighted by Crippen LogP contribution is -2.43. The van der Waals surface area contributed by atoms with Crippen LogP contribution in [0, 0.1) is 13.8 Å². The zero-order chi connectivity index (χ0) is 15.9. The quantitative estimate of drug-likeness (QED) is 0.653. The minimum absolute atomic E-state index is 0.244. The van der Waals surface area contributed by atoms with E-state index < -0.39 is 11.7 Å². The van der Waals surface area contributed by atoms with E-state index in [9.17, 15) is 10.2 Å². The summed E-state index contributed by atoms with van der Waals surface area (Å²) in [6, 6.07) is 6.02. The van der Waals surface area contributed by atoms with Crippen molar-refractivity contribution in [2.75, 3.05) is 19.7 Å². The number of rotatable bonds is 9. The van der Waals surface area contributed by atoms with Gasteiger partial charge < -0.3 is 20.3 Å². The Morgan fingerprint density at radius 3 is 2.52 bits per heavy atom. The Kier molecular flexibility index (Phi) is 7.15. The lowest BCUT2D eigenvalue weighted by Gasteiger charge is -2.26. The van der Waals surface area contributed by atoms with Crippen LogP contribution in [-0.4, -0.2) is 41.6 Å². The van der Waals surface area contributed by atoms with E-state index in [-0.39, 0.29) is 6.61 Å². The van der Waals surface area contributed by atoms with Gasteiger partial charge in [-0.2, -0.15) is 0 Å². The van der Waals surface area contributed by atoms with Crippen molar-refractivity contribution in [1.29, 1.82) is 0 Å². The summed E-state index contributed by atoms with van der Waals surface area (Å²) in [6.07, 6.45) is 0.805. The molecule has 1 aromatic carbocycles. The molecule has 0 fully saturated rings. The third kappa shape index (κ3) is 6.04. The lowest BCUT2D eigenvalue weighted by atomic mass is 9.97. The molecule has 0 spiro atoms. The maximum Gasteiger partial charge on any atom is 0.122 e. The number of benzene rings is 1. The van der Waals surface area contributed by atoms with Gasteiger partial charge in [-0.1, -0.05) is 26.0 Å².